The van der Waals surface area contributed by atoms with Gasteiger partial charge in [-0.25, -0.2) is 4.72 Å². The van der Waals surface area contributed by atoms with E-state index in [4.69, 9.17) is 5.11 Å². The van der Waals surface area contributed by atoms with Crippen LogP contribution < -0.4 is 9.44 Å². The minimum Gasteiger partial charge on any atom is -0.395 e. The Morgan fingerprint density at radius 3 is 2.68 bits per heavy atom. The minimum atomic E-state index is -3.46. The second kappa shape index (κ2) is 7.92. The van der Waals surface area contributed by atoms with Crippen LogP contribution in [0.1, 0.15) is 24.5 Å². The fourth-order valence-electron chi connectivity index (χ4n) is 1.42. The Labute approximate surface area is 114 Å². The van der Waals surface area contributed by atoms with Crippen molar-refractivity contribution in [1.82, 2.24) is 9.44 Å². The first-order valence-electron chi connectivity index (χ1n) is 6.01. The molecule has 0 saturated carbocycles. The minimum absolute atomic E-state index is 0.0161. The largest absolute Gasteiger partial charge is 0.395 e. The number of aliphatic hydroxyl groups is 1. The molecular weight excluding hydrogens is 264 g/mol. The second-order valence-electron chi connectivity index (χ2n) is 3.75. The van der Waals surface area contributed by atoms with E-state index in [0.29, 0.717) is 13.0 Å². The molecule has 0 radical (unpaired) electrons. The van der Waals surface area contributed by atoms with Crippen LogP contribution in [0.4, 0.5) is 0 Å². The van der Waals surface area contributed by atoms with Crippen LogP contribution >= 0.6 is 0 Å². The van der Waals surface area contributed by atoms with E-state index >= 15 is 0 Å². The summed E-state index contributed by atoms with van der Waals surface area (Å²) in [6.07, 6.45) is 0.400. The van der Waals surface area contributed by atoms with Gasteiger partial charge in [0.1, 0.15) is 0 Å². The molecule has 1 aromatic carbocycles. The maximum atomic E-state index is 11.5. The highest BCUT2D eigenvalue weighted by molar-refractivity contribution is 7.87. The average molecular weight is 282 g/mol. The standard InChI is InChI=1S/C13H18N2O3S/c1-2-14-19(17,18)15-11-13-9-4-3-7-12(13)8-5-6-10-16/h3-4,7,9,14-16H,2,6,10-11H2,1H3. The molecule has 104 valence electrons. The predicted molar refractivity (Wildman–Crippen MR) is 74.5 cm³/mol. The van der Waals surface area contributed by atoms with Gasteiger partial charge >= 0.3 is 0 Å². The number of benzene rings is 1. The molecule has 0 aliphatic carbocycles. The lowest BCUT2D eigenvalue weighted by molar-refractivity contribution is 0.305. The fourth-order valence-corrected chi connectivity index (χ4v) is 2.25. The zero-order valence-electron chi connectivity index (χ0n) is 10.8. The topological polar surface area (TPSA) is 78.4 Å². The summed E-state index contributed by atoms with van der Waals surface area (Å²) in [5, 5.41) is 8.68. The van der Waals surface area contributed by atoms with E-state index in [9.17, 15) is 8.42 Å². The van der Waals surface area contributed by atoms with Gasteiger partial charge in [-0.05, 0) is 11.6 Å². The summed E-state index contributed by atoms with van der Waals surface area (Å²) >= 11 is 0. The smallest absolute Gasteiger partial charge is 0.277 e. The summed E-state index contributed by atoms with van der Waals surface area (Å²) in [6, 6.07) is 7.30. The van der Waals surface area contributed by atoms with Gasteiger partial charge in [0.25, 0.3) is 10.2 Å². The molecule has 1 aromatic rings. The van der Waals surface area contributed by atoms with Crippen molar-refractivity contribution in [3.05, 3.63) is 35.4 Å². The molecule has 0 heterocycles. The first-order valence-corrected chi connectivity index (χ1v) is 7.49. The molecule has 0 aromatic heterocycles. The third-order valence-corrected chi connectivity index (χ3v) is 3.46. The Morgan fingerprint density at radius 1 is 1.26 bits per heavy atom. The van der Waals surface area contributed by atoms with Crippen molar-refractivity contribution in [2.45, 2.75) is 19.9 Å². The number of nitrogens with one attached hydrogen (secondary N) is 2. The molecule has 0 bridgehead atoms. The van der Waals surface area contributed by atoms with E-state index in [2.05, 4.69) is 21.3 Å². The first-order chi connectivity index (χ1) is 9.09. The van der Waals surface area contributed by atoms with E-state index in [1.165, 1.54) is 0 Å². The molecule has 0 amide bonds. The summed E-state index contributed by atoms with van der Waals surface area (Å²) < 4.78 is 27.8. The Hall–Kier alpha value is -1.39. The van der Waals surface area contributed by atoms with Crippen LogP contribution in [0.2, 0.25) is 0 Å². The van der Waals surface area contributed by atoms with Gasteiger partial charge in [-0.3, -0.25) is 0 Å². The summed E-state index contributed by atoms with van der Waals surface area (Å²) in [4.78, 5) is 0. The predicted octanol–water partition coefficient (Wildman–Crippen LogP) is 0.364. The van der Waals surface area contributed by atoms with Crippen molar-refractivity contribution in [2.24, 2.45) is 0 Å². The molecule has 0 saturated heterocycles. The Balaban J connectivity index is 2.77. The lowest BCUT2D eigenvalue weighted by Crippen LogP contribution is -2.36. The van der Waals surface area contributed by atoms with Crippen molar-refractivity contribution in [3.8, 4) is 11.8 Å². The zero-order chi connectivity index (χ0) is 14.1. The maximum absolute atomic E-state index is 11.5. The van der Waals surface area contributed by atoms with Crippen LogP contribution in [0.3, 0.4) is 0 Å². The average Bonchev–Trinajstić information content (AvgIpc) is 2.38. The highest BCUT2D eigenvalue weighted by atomic mass is 32.2. The highest BCUT2D eigenvalue weighted by Crippen LogP contribution is 2.07. The highest BCUT2D eigenvalue weighted by Gasteiger charge is 2.08. The molecule has 1 rings (SSSR count). The van der Waals surface area contributed by atoms with Crippen molar-refractivity contribution < 1.29 is 13.5 Å². The second-order valence-corrected chi connectivity index (χ2v) is 5.34. The van der Waals surface area contributed by atoms with Crippen molar-refractivity contribution >= 4 is 10.2 Å². The summed E-state index contributed by atoms with van der Waals surface area (Å²) in [5.41, 5.74) is 1.56. The summed E-state index contributed by atoms with van der Waals surface area (Å²) in [7, 11) is -3.46. The van der Waals surface area contributed by atoms with Gasteiger partial charge in [-0.15, -0.1) is 0 Å². The molecule has 0 aliphatic rings. The molecular formula is C13H18N2O3S. The van der Waals surface area contributed by atoms with Crippen LogP contribution in [-0.4, -0.2) is 26.7 Å². The van der Waals surface area contributed by atoms with E-state index in [1.807, 2.05) is 24.3 Å². The molecule has 0 spiro atoms. The third-order valence-electron chi connectivity index (χ3n) is 2.26. The maximum Gasteiger partial charge on any atom is 0.277 e. The Bertz CT molecular complexity index is 559. The molecule has 0 aliphatic heterocycles. The zero-order valence-corrected chi connectivity index (χ0v) is 11.6. The van der Waals surface area contributed by atoms with Gasteiger partial charge in [0, 0.05) is 25.1 Å². The lowest BCUT2D eigenvalue weighted by atomic mass is 10.1. The Kier molecular flexibility index (Phi) is 6.53. The lowest BCUT2D eigenvalue weighted by Gasteiger charge is -2.08. The monoisotopic (exact) mass is 282 g/mol. The molecule has 3 N–H and O–H groups in total. The number of hydrogen-bond donors (Lipinski definition) is 3. The third kappa shape index (κ3) is 5.85. The van der Waals surface area contributed by atoms with Gasteiger partial charge in [0.05, 0.1) is 6.61 Å². The molecule has 0 unspecified atom stereocenters. The fraction of sp³-hybridized carbons (Fsp3) is 0.385. The van der Waals surface area contributed by atoms with Crippen LogP contribution in [-0.2, 0) is 16.8 Å². The molecule has 0 atom stereocenters. The number of rotatable bonds is 6. The van der Waals surface area contributed by atoms with E-state index in [-0.39, 0.29) is 13.2 Å². The van der Waals surface area contributed by atoms with Gasteiger partial charge < -0.3 is 5.11 Å². The van der Waals surface area contributed by atoms with Crippen LogP contribution in [0, 0.1) is 11.8 Å². The summed E-state index contributed by atoms with van der Waals surface area (Å²) in [5.74, 6) is 5.74. The van der Waals surface area contributed by atoms with E-state index in [0.717, 1.165) is 11.1 Å². The quantitative estimate of drug-likeness (QED) is 0.659. The van der Waals surface area contributed by atoms with E-state index < -0.39 is 10.2 Å². The SMILES string of the molecule is CCNS(=O)(=O)NCc1ccccc1C#CCCO. The number of hydrogen-bond acceptors (Lipinski definition) is 3. The van der Waals surface area contributed by atoms with Crippen molar-refractivity contribution in [1.29, 1.82) is 0 Å². The molecule has 5 nitrogen and oxygen atoms in total. The van der Waals surface area contributed by atoms with Crippen LogP contribution in [0.15, 0.2) is 24.3 Å². The van der Waals surface area contributed by atoms with Crippen molar-refractivity contribution in [3.63, 3.8) is 0 Å². The molecule has 6 heteroatoms. The molecule has 19 heavy (non-hydrogen) atoms. The van der Waals surface area contributed by atoms with Gasteiger partial charge in [-0.1, -0.05) is 37.0 Å². The first kappa shape index (κ1) is 15.7. The van der Waals surface area contributed by atoms with E-state index in [1.54, 1.807) is 6.92 Å². The van der Waals surface area contributed by atoms with Gasteiger partial charge in [0.2, 0.25) is 0 Å². The van der Waals surface area contributed by atoms with Crippen LogP contribution in [0.5, 0.6) is 0 Å². The Morgan fingerprint density at radius 2 is 2.00 bits per heavy atom. The summed E-state index contributed by atoms with van der Waals surface area (Å²) in [6.45, 7) is 2.25. The number of aliphatic hydroxyl groups excluding tert-OH is 1. The van der Waals surface area contributed by atoms with Gasteiger partial charge in [0.15, 0.2) is 0 Å². The molecule has 0 fully saturated rings. The normalized spacial score (nSPS) is 10.8. The van der Waals surface area contributed by atoms with Crippen molar-refractivity contribution in [2.75, 3.05) is 13.2 Å². The van der Waals surface area contributed by atoms with Gasteiger partial charge in [-0.2, -0.15) is 13.1 Å². The van der Waals surface area contributed by atoms with Crippen LogP contribution in [0.25, 0.3) is 0 Å².